The minimum Gasteiger partial charge on any atom is -0.460 e. The Kier molecular flexibility index (Phi) is 5.79. The minimum absolute atomic E-state index is 0.0214. The number of hydrogen-bond acceptors (Lipinski definition) is 4. The molecule has 0 aromatic carbocycles. The van der Waals surface area contributed by atoms with Gasteiger partial charge in [-0.2, -0.15) is 0 Å². The van der Waals surface area contributed by atoms with E-state index in [4.69, 9.17) is 9.47 Å². The largest absolute Gasteiger partial charge is 0.460 e. The molecule has 2 atom stereocenters. The standard InChI is InChI=1S/C14H25NO4/c1-14(2,3)13(17)15-9-8-12(16)19-11-7-5-6-10(11)18-4/h10-11H,5-9H2,1-4H3,(H,15,17)/t10-,11-/m0/s1. The number of rotatable bonds is 5. The van der Waals surface area contributed by atoms with Gasteiger partial charge in [0.1, 0.15) is 6.10 Å². The fraction of sp³-hybridized carbons (Fsp3) is 0.857. The van der Waals surface area contributed by atoms with Gasteiger partial charge in [0.05, 0.1) is 12.5 Å². The molecule has 1 N–H and O–H groups in total. The summed E-state index contributed by atoms with van der Waals surface area (Å²) in [5.74, 6) is -0.334. The zero-order valence-electron chi connectivity index (χ0n) is 12.3. The molecule has 0 spiro atoms. The minimum atomic E-state index is -0.434. The maximum Gasteiger partial charge on any atom is 0.307 e. The number of carbonyl (C=O) groups excluding carboxylic acids is 2. The molecule has 0 heterocycles. The molecule has 0 aromatic rings. The van der Waals surface area contributed by atoms with Crippen molar-refractivity contribution in [3.8, 4) is 0 Å². The van der Waals surface area contributed by atoms with Crippen LogP contribution in [0, 0.1) is 5.41 Å². The van der Waals surface area contributed by atoms with Gasteiger partial charge in [-0.3, -0.25) is 9.59 Å². The van der Waals surface area contributed by atoms with Crippen molar-refractivity contribution in [2.24, 2.45) is 5.41 Å². The van der Waals surface area contributed by atoms with Crippen LogP contribution < -0.4 is 5.32 Å². The average molecular weight is 271 g/mol. The van der Waals surface area contributed by atoms with Gasteiger partial charge in [-0.15, -0.1) is 0 Å². The summed E-state index contributed by atoms with van der Waals surface area (Å²) in [4.78, 5) is 23.3. The van der Waals surface area contributed by atoms with E-state index < -0.39 is 5.41 Å². The van der Waals surface area contributed by atoms with E-state index in [2.05, 4.69) is 5.32 Å². The second-order valence-electron chi connectivity index (χ2n) is 5.99. The average Bonchev–Trinajstić information content (AvgIpc) is 2.74. The Hall–Kier alpha value is -1.10. The van der Waals surface area contributed by atoms with Crippen molar-refractivity contribution in [3.05, 3.63) is 0 Å². The summed E-state index contributed by atoms with van der Waals surface area (Å²) in [6, 6.07) is 0. The van der Waals surface area contributed by atoms with Gasteiger partial charge in [0.2, 0.25) is 5.91 Å². The Morgan fingerprint density at radius 2 is 1.84 bits per heavy atom. The molecule has 1 saturated carbocycles. The van der Waals surface area contributed by atoms with E-state index in [1.807, 2.05) is 20.8 Å². The number of methoxy groups -OCH3 is 1. The van der Waals surface area contributed by atoms with E-state index in [9.17, 15) is 9.59 Å². The van der Waals surface area contributed by atoms with Gasteiger partial charge in [0, 0.05) is 19.1 Å². The predicted molar refractivity (Wildman–Crippen MR) is 71.6 cm³/mol. The van der Waals surface area contributed by atoms with E-state index in [0.717, 1.165) is 19.3 Å². The fourth-order valence-electron chi connectivity index (χ4n) is 2.07. The number of amides is 1. The molecule has 0 bridgehead atoms. The molecule has 0 saturated heterocycles. The normalized spacial score (nSPS) is 23.2. The smallest absolute Gasteiger partial charge is 0.307 e. The molecule has 1 aliphatic rings. The molecule has 5 heteroatoms. The summed E-state index contributed by atoms with van der Waals surface area (Å²) in [7, 11) is 1.64. The van der Waals surface area contributed by atoms with Crippen molar-refractivity contribution < 1.29 is 19.1 Å². The molecule has 0 radical (unpaired) electrons. The maximum absolute atomic E-state index is 11.7. The van der Waals surface area contributed by atoms with Crippen LogP contribution in [0.25, 0.3) is 0 Å². The highest BCUT2D eigenvalue weighted by molar-refractivity contribution is 5.81. The third kappa shape index (κ3) is 5.19. The molecule has 1 rings (SSSR count). The summed E-state index contributed by atoms with van der Waals surface area (Å²) in [5, 5.41) is 2.73. The molecule has 0 aliphatic heterocycles. The molecule has 110 valence electrons. The lowest BCUT2D eigenvalue weighted by molar-refractivity contribution is -0.154. The first-order chi connectivity index (χ1) is 8.84. The second kappa shape index (κ2) is 6.89. The monoisotopic (exact) mass is 271 g/mol. The lowest BCUT2D eigenvalue weighted by Crippen LogP contribution is -2.36. The first-order valence-electron chi connectivity index (χ1n) is 6.85. The topological polar surface area (TPSA) is 64.6 Å². The number of esters is 1. The summed E-state index contributed by atoms with van der Waals surface area (Å²) >= 11 is 0. The zero-order valence-corrected chi connectivity index (χ0v) is 12.3. The van der Waals surface area contributed by atoms with E-state index in [0.29, 0.717) is 6.54 Å². The maximum atomic E-state index is 11.7. The van der Waals surface area contributed by atoms with Crippen molar-refractivity contribution >= 4 is 11.9 Å². The fourth-order valence-corrected chi connectivity index (χ4v) is 2.07. The van der Waals surface area contributed by atoms with Gasteiger partial charge in [-0.1, -0.05) is 20.8 Å². The van der Waals surface area contributed by atoms with Gasteiger partial charge >= 0.3 is 5.97 Å². The van der Waals surface area contributed by atoms with Crippen molar-refractivity contribution in [2.45, 2.75) is 58.7 Å². The number of hydrogen-bond donors (Lipinski definition) is 1. The lowest BCUT2D eigenvalue weighted by Gasteiger charge is -2.20. The molecule has 1 aliphatic carbocycles. The van der Waals surface area contributed by atoms with Crippen LogP contribution in [-0.4, -0.2) is 37.7 Å². The highest BCUT2D eigenvalue weighted by atomic mass is 16.6. The molecule has 1 amide bonds. The predicted octanol–water partition coefficient (Wildman–Crippen LogP) is 1.65. The summed E-state index contributed by atoms with van der Waals surface area (Å²) < 4.78 is 10.6. The van der Waals surface area contributed by atoms with E-state index >= 15 is 0 Å². The van der Waals surface area contributed by atoms with Crippen molar-refractivity contribution in [1.29, 1.82) is 0 Å². The Bertz CT molecular complexity index is 322. The lowest BCUT2D eigenvalue weighted by atomic mass is 9.96. The molecule has 1 fully saturated rings. The molecular weight excluding hydrogens is 246 g/mol. The molecular formula is C14H25NO4. The van der Waals surface area contributed by atoms with Crippen LogP contribution in [0.15, 0.2) is 0 Å². The SMILES string of the molecule is CO[C@H]1CCC[C@@H]1OC(=O)CCNC(=O)C(C)(C)C. The number of carbonyl (C=O) groups is 2. The first-order valence-corrected chi connectivity index (χ1v) is 6.85. The molecule has 0 aromatic heterocycles. The highest BCUT2D eigenvalue weighted by Crippen LogP contribution is 2.24. The van der Waals surface area contributed by atoms with Gasteiger partial charge < -0.3 is 14.8 Å². The summed E-state index contributed by atoms with van der Waals surface area (Å²) in [6.07, 6.45) is 2.92. The van der Waals surface area contributed by atoms with E-state index in [-0.39, 0.29) is 30.5 Å². The Morgan fingerprint density at radius 3 is 2.42 bits per heavy atom. The first kappa shape index (κ1) is 16.0. The van der Waals surface area contributed by atoms with Crippen LogP contribution in [0.5, 0.6) is 0 Å². The number of nitrogens with one attached hydrogen (secondary N) is 1. The van der Waals surface area contributed by atoms with Crippen LogP contribution >= 0.6 is 0 Å². The molecule has 19 heavy (non-hydrogen) atoms. The van der Waals surface area contributed by atoms with Crippen LogP contribution in [0.3, 0.4) is 0 Å². The Morgan fingerprint density at radius 1 is 1.21 bits per heavy atom. The third-order valence-electron chi connectivity index (χ3n) is 3.27. The second-order valence-corrected chi connectivity index (χ2v) is 5.99. The van der Waals surface area contributed by atoms with E-state index in [1.165, 1.54) is 0 Å². The van der Waals surface area contributed by atoms with Crippen molar-refractivity contribution in [1.82, 2.24) is 5.32 Å². The van der Waals surface area contributed by atoms with Gasteiger partial charge in [-0.05, 0) is 19.3 Å². The quantitative estimate of drug-likeness (QED) is 0.772. The van der Waals surface area contributed by atoms with Crippen LogP contribution in [0.1, 0.15) is 46.5 Å². The Labute approximate surface area is 115 Å². The molecule has 5 nitrogen and oxygen atoms in total. The van der Waals surface area contributed by atoms with Gasteiger partial charge in [-0.25, -0.2) is 0 Å². The zero-order chi connectivity index (χ0) is 14.5. The summed E-state index contributed by atoms with van der Waals surface area (Å²) in [6.45, 7) is 5.83. The van der Waals surface area contributed by atoms with Crippen molar-refractivity contribution in [3.63, 3.8) is 0 Å². The van der Waals surface area contributed by atoms with Gasteiger partial charge in [0.15, 0.2) is 0 Å². The van der Waals surface area contributed by atoms with Crippen LogP contribution in [0.2, 0.25) is 0 Å². The van der Waals surface area contributed by atoms with Crippen molar-refractivity contribution in [2.75, 3.05) is 13.7 Å². The Balaban J connectivity index is 2.23. The van der Waals surface area contributed by atoms with E-state index in [1.54, 1.807) is 7.11 Å². The molecule has 0 unspecified atom stereocenters. The third-order valence-corrected chi connectivity index (χ3v) is 3.27. The van der Waals surface area contributed by atoms with Gasteiger partial charge in [0.25, 0.3) is 0 Å². The van der Waals surface area contributed by atoms with Crippen LogP contribution in [-0.2, 0) is 19.1 Å². The van der Waals surface area contributed by atoms with Crippen LogP contribution in [0.4, 0.5) is 0 Å². The summed E-state index contributed by atoms with van der Waals surface area (Å²) in [5.41, 5.74) is -0.434. The highest BCUT2D eigenvalue weighted by Gasteiger charge is 2.30. The number of ether oxygens (including phenoxy) is 2.